The summed E-state index contributed by atoms with van der Waals surface area (Å²) in [5.41, 5.74) is -4.88. The Bertz CT molecular complexity index is 981. The Kier molecular flexibility index (Phi) is 8.31. The van der Waals surface area contributed by atoms with E-state index >= 15 is 0 Å². The summed E-state index contributed by atoms with van der Waals surface area (Å²) >= 11 is 0. The van der Waals surface area contributed by atoms with Crippen LogP contribution in [0.4, 0.5) is 13.2 Å². The Morgan fingerprint density at radius 1 is 1.28 bits per heavy atom. The number of carbonyl (C=O) groups is 1. The molecule has 1 aliphatic rings. The summed E-state index contributed by atoms with van der Waals surface area (Å²) in [5, 5.41) is 0. The fourth-order valence-electron chi connectivity index (χ4n) is 2.89. The summed E-state index contributed by atoms with van der Waals surface area (Å²) in [5.74, 6) is 5.24. The van der Waals surface area contributed by atoms with E-state index in [0.717, 1.165) is 6.42 Å². The summed E-state index contributed by atoms with van der Waals surface area (Å²) in [4.78, 5) is 37.5. The lowest BCUT2D eigenvalue weighted by Crippen LogP contribution is -2.36. The van der Waals surface area contributed by atoms with Gasteiger partial charge in [-0.05, 0) is 27.2 Å². The van der Waals surface area contributed by atoms with Crippen LogP contribution in [0.15, 0.2) is 15.8 Å². The summed E-state index contributed by atoms with van der Waals surface area (Å²) < 4.78 is 56.7. The van der Waals surface area contributed by atoms with Gasteiger partial charge in [0.05, 0.1) is 11.5 Å². The highest BCUT2D eigenvalue weighted by Gasteiger charge is 2.41. The molecule has 0 aliphatic carbocycles. The number of aromatic amines is 1. The van der Waals surface area contributed by atoms with Gasteiger partial charge in [0.25, 0.3) is 5.56 Å². The predicted molar refractivity (Wildman–Crippen MR) is 108 cm³/mol. The van der Waals surface area contributed by atoms with Gasteiger partial charge in [-0.3, -0.25) is 19.1 Å². The monoisotopic (exact) mass is 460 g/mol. The molecule has 3 atom stereocenters. The third-order valence-electron chi connectivity index (χ3n) is 4.62. The van der Waals surface area contributed by atoms with Crippen molar-refractivity contribution in [1.82, 2.24) is 9.55 Å². The molecule has 0 spiro atoms. The largest absolute Gasteiger partial charge is 0.462 e. The molecule has 11 heteroatoms. The summed E-state index contributed by atoms with van der Waals surface area (Å²) in [7, 11) is 0. The summed E-state index contributed by atoms with van der Waals surface area (Å²) in [6.07, 6.45) is -5.66. The van der Waals surface area contributed by atoms with E-state index in [4.69, 9.17) is 14.2 Å². The molecule has 8 nitrogen and oxygen atoms in total. The minimum absolute atomic E-state index is 0.00353. The standard InChI is InChI=1S/C21H27F3N2O6/c1-5-6-7-8-9-30-14-10-16(32-15(14)12-31-18(28)20(2,3)4)26-11-13(21(22,23)24)17(27)25-19(26)29/h11,14-16H,5-6,9-10,12H2,1-4H3,(H,25,27,29)/t14-,15+,16+/m0/s1. The molecule has 0 aromatic carbocycles. The minimum Gasteiger partial charge on any atom is -0.462 e. The number of rotatable bonds is 6. The van der Waals surface area contributed by atoms with Gasteiger partial charge in [-0.2, -0.15) is 13.2 Å². The molecule has 1 aromatic rings. The van der Waals surface area contributed by atoms with Crippen LogP contribution in [-0.4, -0.2) is 40.9 Å². The van der Waals surface area contributed by atoms with Gasteiger partial charge in [-0.15, -0.1) is 5.92 Å². The van der Waals surface area contributed by atoms with Gasteiger partial charge in [0.2, 0.25) is 0 Å². The van der Waals surface area contributed by atoms with Gasteiger partial charge in [0.15, 0.2) is 0 Å². The quantitative estimate of drug-likeness (QED) is 0.518. The van der Waals surface area contributed by atoms with Gasteiger partial charge >= 0.3 is 17.8 Å². The smallest absolute Gasteiger partial charge is 0.423 e. The van der Waals surface area contributed by atoms with Crippen molar-refractivity contribution in [2.24, 2.45) is 5.41 Å². The molecule has 178 valence electrons. The predicted octanol–water partition coefficient (Wildman–Crippen LogP) is 2.62. The number of halogens is 3. The summed E-state index contributed by atoms with van der Waals surface area (Å²) in [6, 6.07) is 0. The van der Waals surface area contributed by atoms with E-state index in [1.165, 1.54) is 0 Å². The van der Waals surface area contributed by atoms with Crippen molar-refractivity contribution in [2.45, 2.75) is 71.6 Å². The molecule has 0 amide bonds. The molecule has 0 radical (unpaired) electrons. The van der Waals surface area contributed by atoms with Crippen molar-refractivity contribution in [2.75, 3.05) is 13.2 Å². The Morgan fingerprint density at radius 2 is 1.97 bits per heavy atom. The molecule has 1 aliphatic heterocycles. The zero-order valence-electron chi connectivity index (χ0n) is 18.4. The molecule has 0 unspecified atom stereocenters. The highest BCUT2D eigenvalue weighted by atomic mass is 19.4. The van der Waals surface area contributed by atoms with Crippen molar-refractivity contribution >= 4 is 5.97 Å². The van der Waals surface area contributed by atoms with Crippen LogP contribution < -0.4 is 11.2 Å². The number of hydrogen-bond acceptors (Lipinski definition) is 6. The number of esters is 1. The molecule has 2 heterocycles. The molecular formula is C21H27F3N2O6. The van der Waals surface area contributed by atoms with Gasteiger partial charge < -0.3 is 14.2 Å². The van der Waals surface area contributed by atoms with E-state index in [9.17, 15) is 27.6 Å². The first-order valence-corrected chi connectivity index (χ1v) is 10.2. The number of H-pyrrole nitrogens is 1. The maximum Gasteiger partial charge on any atom is 0.423 e. The van der Waals surface area contributed by atoms with Gasteiger partial charge in [0.1, 0.15) is 31.1 Å². The number of nitrogens with one attached hydrogen (secondary N) is 1. The molecular weight excluding hydrogens is 433 g/mol. The van der Waals surface area contributed by atoms with Crippen LogP contribution in [0.25, 0.3) is 0 Å². The highest BCUT2D eigenvalue weighted by Crippen LogP contribution is 2.32. The van der Waals surface area contributed by atoms with Crippen LogP contribution in [0.5, 0.6) is 0 Å². The third-order valence-corrected chi connectivity index (χ3v) is 4.62. The van der Waals surface area contributed by atoms with E-state index in [-0.39, 0.29) is 19.6 Å². The van der Waals surface area contributed by atoms with E-state index in [1.54, 1.807) is 25.8 Å². The minimum atomic E-state index is -4.95. The highest BCUT2D eigenvalue weighted by molar-refractivity contribution is 5.75. The number of ether oxygens (including phenoxy) is 3. The number of carbonyl (C=O) groups excluding carboxylic acids is 1. The molecule has 1 fully saturated rings. The van der Waals surface area contributed by atoms with Crippen molar-refractivity contribution in [3.63, 3.8) is 0 Å². The maximum atomic E-state index is 13.1. The van der Waals surface area contributed by atoms with Crippen LogP contribution in [0.1, 0.15) is 58.7 Å². The average Bonchev–Trinajstić information content (AvgIpc) is 3.06. The first-order valence-electron chi connectivity index (χ1n) is 10.2. The first kappa shape index (κ1) is 25.7. The van der Waals surface area contributed by atoms with Gasteiger partial charge in [-0.1, -0.05) is 12.8 Å². The maximum absolute atomic E-state index is 13.1. The van der Waals surface area contributed by atoms with Crippen LogP contribution in [-0.2, 0) is 25.2 Å². The molecule has 32 heavy (non-hydrogen) atoms. The van der Waals surface area contributed by atoms with E-state index in [0.29, 0.717) is 17.2 Å². The Balaban J connectivity index is 2.25. The fourth-order valence-corrected chi connectivity index (χ4v) is 2.89. The van der Waals surface area contributed by atoms with Crippen molar-refractivity contribution in [3.05, 3.63) is 32.6 Å². The normalized spacial score (nSPS) is 21.2. The van der Waals surface area contributed by atoms with Crippen LogP contribution >= 0.6 is 0 Å². The second kappa shape index (κ2) is 10.4. The number of hydrogen-bond donors (Lipinski definition) is 1. The average molecular weight is 460 g/mol. The Hall–Kier alpha value is -2.58. The second-order valence-corrected chi connectivity index (χ2v) is 8.37. The molecule has 0 saturated carbocycles. The zero-order chi connectivity index (χ0) is 24.1. The fraction of sp³-hybridized carbons (Fsp3) is 0.667. The summed E-state index contributed by atoms with van der Waals surface area (Å²) in [6.45, 7) is 6.81. The molecule has 1 N–H and O–H groups in total. The topological polar surface area (TPSA) is 99.6 Å². The lowest BCUT2D eigenvalue weighted by atomic mass is 9.97. The Labute approximate surface area is 183 Å². The van der Waals surface area contributed by atoms with Crippen LogP contribution in [0, 0.1) is 17.3 Å². The van der Waals surface area contributed by atoms with Gasteiger partial charge in [0, 0.05) is 19.0 Å². The van der Waals surface area contributed by atoms with E-state index in [2.05, 4.69) is 11.8 Å². The van der Waals surface area contributed by atoms with Crippen molar-refractivity contribution < 1.29 is 32.2 Å². The number of unbranched alkanes of at least 4 members (excludes halogenated alkanes) is 1. The third kappa shape index (κ3) is 6.71. The molecule has 0 bridgehead atoms. The van der Waals surface area contributed by atoms with E-state index in [1.807, 2.05) is 6.92 Å². The second-order valence-electron chi connectivity index (χ2n) is 8.37. The van der Waals surface area contributed by atoms with Crippen molar-refractivity contribution in [3.8, 4) is 11.8 Å². The number of alkyl halides is 3. The lowest BCUT2D eigenvalue weighted by molar-refractivity contribution is -0.160. The van der Waals surface area contributed by atoms with Crippen LogP contribution in [0.3, 0.4) is 0 Å². The molecule has 1 aromatic heterocycles. The van der Waals surface area contributed by atoms with Gasteiger partial charge in [-0.25, -0.2) is 4.79 Å². The van der Waals surface area contributed by atoms with Crippen LogP contribution in [0.2, 0.25) is 0 Å². The first-order chi connectivity index (χ1) is 14.8. The molecule has 2 rings (SSSR count). The van der Waals surface area contributed by atoms with Crippen molar-refractivity contribution in [1.29, 1.82) is 0 Å². The number of aromatic nitrogens is 2. The number of nitrogens with zero attached hydrogens (tertiary/aromatic N) is 1. The Morgan fingerprint density at radius 3 is 2.56 bits per heavy atom. The SMILES string of the molecule is CCCC#CCO[C@H]1C[C@H](n2cc(C(F)(F)F)c(=O)[nH]c2=O)O[C@@H]1COC(=O)C(C)(C)C. The zero-order valence-corrected chi connectivity index (χ0v) is 18.4. The molecule has 1 saturated heterocycles. The van der Waals surface area contributed by atoms with E-state index < -0.39 is 52.8 Å². The lowest BCUT2D eigenvalue weighted by Gasteiger charge is -2.21.